The third-order valence-electron chi connectivity index (χ3n) is 4.04. The van der Waals surface area contributed by atoms with E-state index in [4.69, 9.17) is 0 Å². The van der Waals surface area contributed by atoms with Crippen LogP contribution in [0.5, 0.6) is 0 Å². The zero-order valence-electron chi connectivity index (χ0n) is 14.6. The molecular formula is C18H26N4O. The molecule has 23 heavy (non-hydrogen) atoms. The molecule has 124 valence electrons. The fourth-order valence-electron chi connectivity index (χ4n) is 2.60. The van der Waals surface area contributed by atoms with Gasteiger partial charge in [0.25, 0.3) is 0 Å². The summed E-state index contributed by atoms with van der Waals surface area (Å²) in [4.78, 5) is 14.4. The van der Waals surface area contributed by atoms with Crippen LogP contribution in [0.3, 0.4) is 0 Å². The summed E-state index contributed by atoms with van der Waals surface area (Å²) in [6.45, 7) is 4.95. The van der Waals surface area contributed by atoms with Crippen LogP contribution >= 0.6 is 0 Å². The van der Waals surface area contributed by atoms with E-state index in [-0.39, 0.29) is 11.9 Å². The van der Waals surface area contributed by atoms with Gasteiger partial charge >= 0.3 is 0 Å². The number of likely N-dealkylation sites (N-methyl/N-ethyl adjacent to an activating group) is 2. The van der Waals surface area contributed by atoms with Crippen LogP contribution in [0.2, 0.25) is 0 Å². The van der Waals surface area contributed by atoms with E-state index in [0.717, 1.165) is 11.1 Å². The summed E-state index contributed by atoms with van der Waals surface area (Å²) in [5.41, 5.74) is 3.32. The summed E-state index contributed by atoms with van der Waals surface area (Å²) in [6, 6.07) is 8.09. The monoisotopic (exact) mass is 314 g/mol. The Hall–Kier alpha value is -2.14. The minimum Gasteiger partial charge on any atom is -0.340 e. The van der Waals surface area contributed by atoms with Gasteiger partial charge in [0.15, 0.2) is 0 Å². The molecule has 2 rings (SSSR count). The van der Waals surface area contributed by atoms with Crippen molar-refractivity contribution in [3.63, 3.8) is 0 Å². The summed E-state index contributed by atoms with van der Waals surface area (Å²) < 4.78 is 1.71. The second-order valence-electron chi connectivity index (χ2n) is 6.26. The van der Waals surface area contributed by atoms with Crippen molar-refractivity contribution in [1.29, 1.82) is 0 Å². The van der Waals surface area contributed by atoms with Crippen LogP contribution in [0.25, 0.3) is 0 Å². The third kappa shape index (κ3) is 4.20. The number of hydrogen-bond acceptors (Lipinski definition) is 3. The summed E-state index contributed by atoms with van der Waals surface area (Å²) >= 11 is 0. The molecule has 1 heterocycles. The Bertz CT molecular complexity index is 645. The molecule has 1 aromatic carbocycles. The molecule has 5 heteroatoms. The Morgan fingerprint density at radius 3 is 2.39 bits per heavy atom. The lowest BCUT2D eigenvalue weighted by atomic mass is 10.0. The van der Waals surface area contributed by atoms with E-state index in [9.17, 15) is 4.79 Å². The number of aromatic nitrogens is 2. The highest BCUT2D eigenvalue weighted by Crippen LogP contribution is 2.18. The van der Waals surface area contributed by atoms with Crippen molar-refractivity contribution < 1.29 is 4.79 Å². The summed E-state index contributed by atoms with van der Waals surface area (Å²) in [7, 11) is 5.47. The normalized spacial score (nSPS) is 12.4. The van der Waals surface area contributed by atoms with Gasteiger partial charge in [0.2, 0.25) is 5.91 Å². The molecule has 0 bridgehead atoms. The lowest BCUT2D eigenvalue weighted by Gasteiger charge is -2.23. The summed E-state index contributed by atoms with van der Waals surface area (Å²) in [5.74, 6) is 0.552. The number of rotatable bonds is 6. The smallest absolute Gasteiger partial charge is 0.244 e. The molecule has 1 N–H and O–H groups in total. The van der Waals surface area contributed by atoms with Gasteiger partial charge in [0, 0.05) is 32.4 Å². The molecule has 0 aliphatic rings. The van der Waals surface area contributed by atoms with Gasteiger partial charge in [0.05, 0.1) is 6.20 Å². The molecule has 0 radical (unpaired) electrons. The standard InChI is InChI=1S/C18H26N4O/c1-13(2)15-8-6-14(7-9-15)11-21(4)18(23)17(19-3)16-10-20-22(5)12-16/h6-10,12-13,17,19H,11H2,1-5H3. The van der Waals surface area contributed by atoms with Crippen molar-refractivity contribution in [2.75, 3.05) is 14.1 Å². The molecule has 1 amide bonds. The van der Waals surface area contributed by atoms with E-state index in [1.54, 1.807) is 22.8 Å². The first kappa shape index (κ1) is 17.2. The number of carbonyl (C=O) groups excluding carboxylic acids is 1. The Morgan fingerprint density at radius 1 is 1.26 bits per heavy atom. The van der Waals surface area contributed by atoms with Crippen LogP contribution in [0.1, 0.15) is 42.5 Å². The molecule has 0 spiro atoms. The highest BCUT2D eigenvalue weighted by Gasteiger charge is 2.23. The van der Waals surface area contributed by atoms with Crippen LogP contribution in [-0.4, -0.2) is 34.7 Å². The quantitative estimate of drug-likeness (QED) is 0.891. The number of nitrogens with zero attached hydrogens (tertiary/aromatic N) is 3. The molecule has 5 nitrogen and oxygen atoms in total. The van der Waals surface area contributed by atoms with E-state index in [2.05, 4.69) is 48.5 Å². The van der Waals surface area contributed by atoms with Gasteiger partial charge in [-0.1, -0.05) is 38.1 Å². The molecule has 1 aromatic heterocycles. The summed E-state index contributed by atoms with van der Waals surface area (Å²) in [5, 5.41) is 7.22. The van der Waals surface area contributed by atoms with Gasteiger partial charge in [0.1, 0.15) is 6.04 Å². The lowest BCUT2D eigenvalue weighted by molar-refractivity contribution is -0.132. The molecule has 0 aliphatic heterocycles. The number of benzene rings is 1. The van der Waals surface area contributed by atoms with Gasteiger partial charge in [-0.25, -0.2) is 0 Å². The average molecular weight is 314 g/mol. The number of amides is 1. The van der Waals surface area contributed by atoms with Crippen LogP contribution in [0.4, 0.5) is 0 Å². The Kier molecular flexibility index (Phi) is 5.55. The molecule has 0 aliphatic carbocycles. The first-order valence-electron chi connectivity index (χ1n) is 7.92. The van der Waals surface area contributed by atoms with Crippen molar-refractivity contribution in [1.82, 2.24) is 20.0 Å². The van der Waals surface area contributed by atoms with Crippen LogP contribution in [-0.2, 0) is 18.4 Å². The molecule has 2 aromatic rings. The maximum absolute atomic E-state index is 12.7. The number of carbonyl (C=O) groups is 1. The number of nitrogens with one attached hydrogen (secondary N) is 1. The molecule has 0 saturated carbocycles. The predicted molar refractivity (Wildman–Crippen MR) is 92.0 cm³/mol. The van der Waals surface area contributed by atoms with Crippen molar-refractivity contribution >= 4 is 5.91 Å². The fourth-order valence-corrected chi connectivity index (χ4v) is 2.60. The Labute approximate surface area is 138 Å². The zero-order chi connectivity index (χ0) is 17.0. The molecule has 1 atom stereocenters. The van der Waals surface area contributed by atoms with Crippen molar-refractivity contribution in [3.8, 4) is 0 Å². The molecule has 0 saturated heterocycles. The van der Waals surface area contributed by atoms with Gasteiger partial charge < -0.3 is 10.2 Å². The molecule has 1 unspecified atom stereocenters. The van der Waals surface area contributed by atoms with Gasteiger partial charge in [-0.05, 0) is 24.1 Å². The van der Waals surface area contributed by atoms with Crippen LogP contribution < -0.4 is 5.32 Å². The average Bonchev–Trinajstić information content (AvgIpc) is 2.94. The Morgan fingerprint density at radius 2 is 1.91 bits per heavy atom. The minimum atomic E-state index is -0.372. The van der Waals surface area contributed by atoms with Gasteiger partial charge in [-0.2, -0.15) is 5.10 Å². The highest BCUT2D eigenvalue weighted by atomic mass is 16.2. The molecular weight excluding hydrogens is 288 g/mol. The van der Waals surface area contributed by atoms with E-state index >= 15 is 0 Å². The van der Waals surface area contributed by atoms with Crippen LogP contribution in [0.15, 0.2) is 36.7 Å². The molecule has 0 fully saturated rings. The van der Waals surface area contributed by atoms with E-state index in [0.29, 0.717) is 12.5 Å². The second-order valence-corrected chi connectivity index (χ2v) is 6.26. The maximum Gasteiger partial charge on any atom is 0.244 e. The van der Waals surface area contributed by atoms with E-state index < -0.39 is 0 Å². The number of hydrogen-bond donors (Lipinski definition) is 1. The van der Waals surface area contributed by atoms with Crippen molar-refractivity contribution in [2.24, 2.45) is 7.05 Å². The highest BCUT2D eigenvalue weighted by molar-refractivity contribution is 5.82. The third-order valence-corrected chi connectivity index (χ3v) is 4.04. The van der Waals surface area contributed by atoms with Gasteiger partial charge in [-0.3, -0.25) is 9.48 Å². The number of aryl methyl sites for hydroxylation is 1. The zero-order valence-corrected chi connectivity index (χ0v) is 14.6. The first-order chi connectivity index (χ1) is 10.9. The van der Waals surface area contributed by atoms with E-state index in [1.165, 1.54) is 5.56 Å². The van der Waals surface area contributed by atoms with Crippen molar-refractivity contribution in [3.05, 3.63) is 53.3 Å². The first-order valence-corrected chi connectivity index (χ1v) is 7.92. The lowest BCUT2D eigenvalue weighted by Crippen LogP contribution is -2.37. The predicted octanol–water partition coefficient (Wildman–Crippen LogP) is 2.46. The fraction of sp³-hybridized carbons (Fsp3) is 0.444. The maximum atomic E-state index is 12.7. The minimum absolute atomic E-state index is 0.0356. The topological polar surface area (TPSA) is 50.2 Å². The van der Waals surface area contributed by atoms with Crippen LogP contribution in [0, 0.1) is 0 Å². The SMILES string of the molecule is CNC(C(=O)N(C)Cc1ccc(C(C)C)cc1)c1cnn(C)c1. The van der Waals surface area contributed by atoms with E-state index in [1.807, 2.05) is 20.3 Å². The van der Waals surface area contributed by atoms with Crippen molar-refractivity contribution in [2.45, 2.75) is 32.4 Å². The summed E-state index contributed by atoms with van der Waals surface area (Å²) in [6.07, 6.45) is 3.59. The second kappa shape index (κ2) is 7.42. The van der Waals surface area contributed by atoms with Gasteiger partial charge in [-0.15, -0.1) is 0 Å². The largest absolute Gasteiger partial charge is 0.340 e. The Balaban J connectivity index is 2.06.